The summed E-state index contributed by atoms with van der Waals surface area (Å²) < 4.78 is 1.81. The van der Waals surface area contributed by atoms with E-state index in [4.69, 9.17) is 0 Å². The minimum absolute atomic E-state index is 0.0815. The quantitative estimate of drug-likeness (QED) is 0.832. The van der Waals surface area contributed by atoms with Crippen molar-refractivity contribution in [2.45, 2.75) is 26.8 Å². The van der Waals surface area contributed by atoms with Gasteiger partial charge in [-0.1, -0.05) is 0 Å². The van der Waals surface area contributed by atoms with Gasteiger partial charge in [0.1, 0.15) is 0 Å². The monoisotopic (exact) mass is 273 g/mol. The molecule has 0 aliphatic rings. The Balaban J connectivity index is 2.02. The predicted molar refractivity (Wildman–Crippen MR) is 76.9 cm³/mol. The first-order valence-electron chi connectivity index (χ1n) is 6.46. The number of H-pyrrole nitrogens is 1. The summed E-state index contributed by atoms with van der Waals surface area (Å²) in [6.07, 6.45) is 6.80. The zero-order valence-corrected chi connectivity index (χ0v) is 12.1. The van der Waals surface area contributed by atoms with Gasteiger partial charge in [-0.2, -0.15) is 10.2 Å². The van der Waals surface area contributed by atoms with Gasteiger partial charge in [-0.25, -0.2) is 0 Å². The summed E-state index contributed by atoms with van der Waals surface area (Å²) in [5.41, 5.74) is 3.88. The molecule has 0 radical (unpaired) electrons. The second kappa shape index (κ2) is 5.73. The smallest absolute Gasteiger partial charge is 0.244 e. The van der Waals surface area contributed by atoms with E-state index in [1.54, 1.807) is 23.2 Å². The molecular weight excluding hydrogens is 254 g/mol. The molecule has 1 atom stereocenters. The molecular formula is C14H19N5O. The number of hydrogen-bond acceptors (Lipinski definition) is 3. The maximum Gasteiger partial charge on any atom is 0.244 e. The number of carbonyl (C=O) groups is 1. The number of aromatic nitrogens is 4. The van der Waals surface area contributed by atoms with Crippen molar-refractivity contribution < 1.29 is 4.79 Å². The Hall–Kier alpha value is -2.37. The fraction of sp³-hybridized carbons (Fsp3) is 0.357. The number of nitrogens with zero attached hydrogens (tertiary/aromatic N) is 3. The van der Waals surface area contributed by atoms with Gasteiger partial charge in [0.05, 0.1) is 17.9 Å². The molecule has 0 bridgehead atoms. The minimum atomic E-state index is -0.138. The van der Waals surface area contributed by atoms with Crippen LogP contribution in [0, 0.1) is 13.8 Å². The number of nitrogens with one attached hydrogen (secondary N) is 2. The van der Waals surface area contributed by atoms with Gasteiger partial charge in [0, 0.05) is 36.1 Å². The molecule has 2 aromatic rings. The fourth-order valence-electron chi connectivity index (χ4n) is 2.03. The topological polar surface area (TPSA) is 75.6 Å². The third-order valence-corrected chi connectivity index (χ3v) is 3.34. The highest BCUT2D eigenvalue weighted by Crippen LogP contribution is 2.14. The second-order valence-electron chi connectivity index (χ2n) is 4.80. The van der Waals surface area contributed by atoms with Crippen LogP contribution >= 0.6 is 0 Å². The third kappa shape index (κ3) is 2.96. The van der Waals surface area contributed by atoms with Crippen LogP contribution in [0.4, 0.5) is 0 Å². The van der Waals surface area contributed by atoms with E-state index >= 15 is 0 Å². The highest BCUT2D eigenvalue weighted by atomic mass is 16.1. The lowest BCUT2D eigenvalue weighted by molar-refractivity contribution is -0.117. The van der Waals surface area contributed by atoms with Crippen molar-refractivity contribution in [2.24, 2.45) is 7.05 Å². The molecule has 2 aromatic heterocycles. The fourth-order valence-corrected chi connectivity index (χ4v) is 2.03. The largest absolute Gasteiger partial charge is 0.346 e. The lowest BCUT2D eigenvalue weighted by Gasteiger charge is -2.09. The number of aryl methyl sites for hydroxylation is 2. The normalized spacial score (nSPS) is 12.8. The summed E-state index contributed by atoms with van der Waals surface area (Å²) >= 11 is 0. The van der Waals surface area contributed by atoms with Gasteiger partial charge in [-0.05, 0) is 26.8 Å². The van der Waals surface area contributed by atoms with E-state index in [9.17, 15) is 4.79 Å². The van der Waals surface area contributed by atoms with Crippen molar-refractivity contribution in [3.05, 3.63) is 41.0 Å². The van der Waals surface area contributed by atoms with Gasteiger partial charge < -0.3 is 5.32 Å². The molecule has 0 saturated heterocycles. The van der Waals surface area contributed by atoms with Crippen molar-refractivity contribution in [2.75, 3.05) is 0 Å². The molecule has 1 amide bonds. The highest BCUT2D eigenvalue weighted by Gasteiger charge is 2.09. The predicted octanol–water partition coefficient (Wildman–Crippen LogP) is 1.65. The third-order valence-electron chi connectivity index (χ3n) is 3.34. The first-order chi connectivity index (χ1) is 9.49. The number of amides is 1. The van der Waals surface area contributed by atoms with Gasteiger partial charge in [-0.3, -0.25) is 14.6 Å². The van der Waals surface area contributed by atoms with Gasteiger partial charge >= 0.3 is 0 Å². The van der Waals surface area contributed by atoms with E-state index < -0.39 is 0 Å². The van der Waals surface area contributed by atoms with Crippen LogP contribution in [0.25, 0.3) is 6.08 Å². The summed E-state index contributed by atoms with van der Waals surface area (Å²) in [7, 11) is 1.89. The highest BCUT2D eigenvalue weighted by molar-refractivity contribution is 5.92. The average molecular weight is 273 g/mol. The van der Waals surface area contributed by atoms with Gasteiger partial charge in [-0.15, -0.1) is 0 Å². The van der Waals surface area contributed by atoms with Crippen molar-refractivity contribution in [3.63, 3.8) is 0 Å². The van der Waals surface area contributed by atoms with Crippen LogP contribution in [0.15, 0.2) is 18.5 Å². The molecule has 0 aliphatic heterocycles. The van der Waals surface area contributed by atoms with Crippen LogP contribution in [0.5, 0.6) is 0 Å². The van der Waals surface area contributed by atoms with E-state index in [0.29, 0.717) is 0 Å². The Morgan fingerprint density at radius 3 is 2.80 bits per heavy atom. The Kier molecular flexibility index (Phi) is 4.02. The van der Waals surface area contributed by atoms with Crippen LogP contribution in [-0.2, 0) is 11.8 Å². The molecule has 2 heterocycles. The summed E-state index contributed by atoms with van der Waals surface area (Å²) in [6, 6.07) is -0.0815. The maximum atomic E-state index is 11.9. The molecule has 0 aromatic carbocycles. The van der Waals surface area contributed by atoms with Gasteiger partial charge in [0.15, 0.2) is 0 Å². The summed E-state index contributed by atoms with van der Waals surface area (Å²) in [4.78, 5) is 11.9. The van der Waals surface area contributed by atoms with E-state index in [2.05, 4.69) is 20.6 Å². The van der Waals surface area contributed by atoms with Crippen LogP contribution in [0.1, 0.15) is 35.5 Å². The summed E-state index contributed by atoms with van der Waals surface area (Å²) in [5.74, 6) is -0.138. The molecule has 6 nitrogen and oxygen atoms in total. The van der Waals surface area contributed by atoms with Gasteiger partial charge in [0.2, 0.25) is 5.91 Å². The Labute approximate surface area is 117 Å². The van der Waals surface area contributed by atoms with Crippen molar-refractivity contribution in [3.8, 4) is 0 Å². The Morgan fingerprint density at radius 2 is 2.25 bits per heavy atom. The standard InChI is InChI=1S/C14H19N5O/c1-9(12-7-15-16-8-12)17-14(20)6-5-13-10(2)18-19(4)11(13)3/h5-9H,1-4H3,(H,15,16)(H,17,20)/b6-5+. The van der Waals surface area contributed by atoms with Crippen molar-refractivity contribution in [1.29, 1.82) is 0 Å². The zero-order chi connectivity index (χ0) is 14.7. The van der Waals surface area contributed by atoms with E-state index in [1.165, 1.54) is 6.08 Å². The number of hydrogen-bond donors (Lipinski definition) is 2. The lowest BCUT2D eigenvalue weighted by Crippen LogP contribution is -2.24. The summed E-state index contributed by atoms with van der Waals surface area (Å²) in [5, 5.41) is 13.8. The lowest BCUT2D eigenvalue weighted by atomic mass is 10.1. The molecule has 2 N–H and O–H groups in total. The van der Waals surface area contributed by atoms with Crippen LogP contribution in [0.3, 0.4) is 0 Å². The van der Waals surface area contributed by atoms with Crippen LogP contribution in [-0.4, -0.2) is 25.9 Å². The van der Waals surface area contributed by atoms with E-state index in [-0.39, 0.29) is 11.9 Å². The Morgan fingerprint density at radius 1 is 1.50 bits per heavy atom. The number of aromatic amines is 1. The first-order valence-corrected chi connectivity index (χ1v) is 6.46. The molecule has 0 spiro atoms. The minimum Gasteiger partial charge on any atom is -0.346 e. The van der Waals surface area contributed by atoms with Crippen molar-refractivity contribution >= 4 is 12.0 Å². The van der Waals surface area contributed by atoms with Crippen molar-refractivity contribution in [1.82, 2.24) is 25.3 Å². The molecule has 0 aliphatic carbocycles. The molecule has 0 saturated carbocycles. The SMILES string of the molecule is Cc1nn(C)c(C)c1/C=C/C(=O)NC(C)c1cn[nH]c1. The number of rotatable bonds is 4. The molecule has 6 heteroatoms. The van der Waals surface area contributed by atoms with E-state index in [0.717, 1.165) is 22.5 Å². The zero-order valence-electron chi connectivity index (χ0n) is 12.1. The molecule has 106 valence electrons. The van der Waals surface area contributed by atoms with E-state index in [1.807, 2.05) is 27.8 Å². The van der Waals surface area contributed by atoms with Gasteiger partial charge in [0.25, 0.3) is 0 Å². The molecule has 20 heavy (non-hydrogen) atoms. The van der Waals surface area contributed by atoms with Crippen LogP contribution < -0.4 is 5.32 Å². The Bertz CT molecular complexity index is 624. The van der Waals surface area contributed by atoms with Crippen LogP contribution in [0.2, 0.25) is 0 Å². The number of carbonyl (C=O) groups excluding carboxylic acids is 1. The summed E-state index contributed by atoms with van der Waals surface area (Å²) in [6.45, 7) is 5.82. The molecule has 0 fully saturated rings. The molecule has 1 unspecified atom stereocenters. The first kappa shape index (κ1) is 14.0. The second-order valence-corrected chi connectivity index (χ2v) is 4.80. The average Bonchev–Trinajstić information content (AvgIpc) is 2.98. The molecule has 2 rings (SSSR count). The maximum absolute atomic E-state index is 11.9.